The van der Waals surface area contributed by atoms with Crippen LogP contribution in [0.15, 0.2) is 0 Å². The van der Waals surface area contributed by atoms with Crippen LogP contribution >= 0.6 is 0 Å². The van der Waals surface area contributed by atoms with E-state index in [4.69, 9.17) is 11.5 Å². The lowest BCUT2D eigenvalue weighted by molar-refractivity contribution is -0.160. The van der Waals surface area contributed by atoms with Crippen molar-refractivity contribution in [3.05, 3.63) is 0 Å². The van der Waals surface area contributed by atoms with Gasteiger partial charge in [0.1, 0.15) is 18.1 Å². The molecule has 0 saturated carbocycles. The van der Waals surface area contributed by atoms with Gasteiger partial charge in [-0.1, -0.05) is 27.7 Å². The number of hydrogen-bond donors (Lipinski definition) is 3. The van der Waals surface area contributed by atoms with Crippen molar-refractivity contribution in [2.75, 3.05) is 26.2 Å². The predicted molar refractivity (Wildman–Crippen MR) is 131 cm³/mol. The van der Waals surface area contributed by atoms with Gasteiger partial charge in [-0.05, 0) is 38.0 Å². The Bertz CT molecular complexity index is 816. The Balaban J connectivity index is 2.22. The minimum atomic E-state index is -0.965. The Morgan fingerprint density at radius 1 is 0.943 bits per heavy atom. The second-order valence-electron chi connectivity index (χ2n) is 10.5. The largest absolute Gasteiger partial charge is 0.370 e. The standard InChI is InChI=1S/C24H42N6O5/c1-14(2)12-17-23(34)29(9-8-27-17)19(13-15(3)4)24(35)28-10-11-30(22(33)16(28)5)18(21(26)32)6-7-20(25)31/h14-19,27H,6-13H2,1-5H3,(H2,25,31)(H2,26,32). The van der Waals surface area contributed by atoms with Gasteiger partial charge in [-0.25, -0.2) is 0 Å². The highest BCUT2D eigenvalue weighted by Gasteiger charge is 2.44. The molecule has 11 nitrogen and oxygen atoms in total. The van der Waals surface area contributed by atoms with Gasteiger partial charge in [-0.3, -0.25) is 24.0 Å². The zero-order chi connectivity index (χ0) is 26.4. The number of rotatable bonds is 11. The van der Waals surface area contributed by atoms with E-state index >= 15 is 0 Å². The van der Waals surface area contributed by atoms with Gasteiger partial charge in [0.05, 0.1) is 6.04 Å². The van der Waals surface area contributed by atoms with Crippen LogP contribution in [0.3, 0.4) is 0 Å². The van der Waals surface area contributed by atoms with Gasteiger partial charge in [0, 0.05) is 32.6 Å². The summed E-state index contributed by atoms with van der Waals surface area (Å²) in [6.07, 6.45) is 1.14. The highest BCUT2D eigenvalue weighted by atomic mass is 16.2. The third kappa shape index (κ3) is 7.16. The second kappa shape index (κ2) is 12.3. The Hall–Kier alpha value is -2.69. The molecule has 0 aliphatic carbocycles. The van der Waals surface area contributed by atoms with Crippen molar-refractivity contribution >= 4 is 29.5 Å². The van der Waals surface area contributed by atoms with E-state index in [0.29, 0.717) is 31.8 Å². The van der Waals surface area contributed by atoms with E-state index in [-0.39, 0.29) is 49.7 Å². The summed E-state index contributed by atoms with van der Waals surface area (Å²) in [5, 5.41) is 3.27. The lowest BCUT2D eigenvalue weighted by Gasteiger charge is -2.45. The lowest BCUT2D eigenvalue weighted by Crippen LogP contribution is -2.66. The van der Waals surface area contributed by atoms with E-state index in [9.17, 15) is 24.0 Å². The van der Waals surface area contributed by atoms with E-state index in [1.54, 1.807) is 11.8 Å². The fourth-order valence-corrected chi connectivity index (χ4v) is 4.95. The van der Waals surface area contributed by atoms with Crippen molar-refractivity contribution in [1.82, 2.24) is 20.0 Å². The summed E-state index contributed by atoms with van der Waals surface area (Å²) in [4.78, 5) is 68.0. The topological polar surface area (TPSA) is 159 Å². The molecule has 5 N–H and O–H groups in total. The van der Waals surface area contributed by atoms with E-state index in [1.165, 1.54) is 9.80 Å². The zero-order valence-electron chi connectivity index (χ0n) is 21.7. The molecule has 0 spiro atoms. The van der Waals surface area contributed by atoms with Crippen LogP contribution < -0.4 is 16.8 Å². The molecule has 2 aliphatic rings. The third-order valence-electron chi connectivity index (χ3n) is 6.73. The number of nitrogens with one attached hydrogen (secondary N) is 1. The number of amides is 5. The summed E-state index contributed by atoms with van der Waals surface area (Å²) >= 11 is 0. The van der Waals surface area contributed by atoms with Crippen molar-refractivity contribution in [2.45, 2.75) is 84.5 Å². The molecular weight excluding hydrogens is 452 g/mol. The number of nitrogens with zero attached hydrogens (tertiary/aromatic N) is 3. The predicted octanol–water partition coefficient (Wildman–Crippen LogP) is -0.574. The SMILES string of the molecule is CC(C)CC1NCCN(C(CC(C)C)C(=O)N2CCN(C(CCC(N)=O)C(N)=O)C(=O)C2C)C1=O. The maximum absolute atomic E-state index is 13.8. The summed E-state index contributed by atoms with van der Waals surface area (Å²) in [5.41, 5.74) is 10.7. The molecule has 35 heavy (non-hydrogen) atoms. The molecule has 0 aromatic heterocycles. The average molecular weight is 495 g/mol. The molecule has 198 valence electrons. The van der Waals surface area contributed by atoms with Gasteiger partial charge in [-0.2, -0.15) is 0 Å². The monoisotopic (exact) mass is 494 g/mol. The molecule has 5 amide bonds. The maximum atomic E-state index is 13.8. The maximum Gasteiger partial charge on any atom is 0.246 e. The zero-order valence-corrected chi connectivity index (χ0v) is 21.7. The van der Waals surface area contributed by atoms with E-state index in [2.05, 4.69) is 19.2 Å². The lowest BCUT2D eigenvalue weighted by atomic mass is 9.95. The van der Waals surface area contributed by atoms with Crippen molar-refractivity contribution in [2.24, 2.45) is 23.3 Å². The van der Waals surface area contributed by atoms with Gasteiger partial charge in [0.25, 0.3) is 0 Å². The molecule has 4 unspecified atom stereocenters. The average Bonchev–Trinajstić information content (AvgIpc) is 2.75. The first-order valence-electron chi connectivity index (χ1n) is 12.6. The number of nitrogens with two attached hydrogens (primary N) is 2. The molecule has 11 heteroatoms. The van der Waals surface area contributed by atoms with E-state index in [0.717, 1.165) is 0 Å². The van der Waals surface area contributed by atoms with Crippen LogP contribution in [0.5, 0.6) is 0 Å². The van der Waals surface area contributed by atoms with Gasteiger partial charge < -0.3 is 31.5 Å². The summed E-state index contributed by atoms with van der Waals surface area (Å²) in [7, 11) is 0. The van der Waals surface area contributed by atoms with Crippen LogP contribution in [-0.4, -0.2) is 94.6 Å². The van der Waals surface area contributed by atoms with E-state index in [1.807, 2.05) is 13.8 Å². The Morgan fingerprint density at radius 2 is 1.57 bits per heavy atom. The fourth-order valence-electron chi connectivity index (χ4n) is 4.95. The number of carbonyl (C=O) groups excluding carboxylic acids is 5. The molecule has 2 fully saturated rings. The smallest absolute Gasteiger partial charge is 0.246 e. The van der Waals surface area contributed by atoms with E-state index < -0.39 is 35.8 Å². The molecular formula is C24H42N6O5. The summed E-state index contributed by atoms with van der Waals surface area (Å²) < 4.78 is 0. The van der Waals surface area contributed by atoms with Gasteiger partial charge in [0.2, 0.25) is 29.5 Å². The van der Waals surface area contributed by atoms with Gasteiger partial charge in [0.15, 0.2) is 0 Å². The number of primary amides is 2. The second-order valence-corrected chi connectivity index (χ2v) is 10.5. The summed E-state index contributed by atoms with van der Waals surface area (Å²) in [6, 6.07) is -2.79. The van der Waals surface area contributed by atoms with Crippen LogP contribution in [0.1, 0.15) is 60.3 Å². The molecule has 4 atom stereocenters. The molecule has 0 radical (unpaired) electrons. The minimum absolute atomic E-state index is 0.0412. The molecule has 0 aromatic rings. The first-order valence-corrected chi connectivity index (χ1v) is 12.6. The highest BCUT2D eigenvalue weighted by molar-refractivity contribution is 5.95. The highest BCUT2D eigenvalue weighted by Crippen LogP contribution is 2.23. The number of carbonyl (C=O) groups is 5. The molecule has 2 heterocycles. The first-order chi connectivity index (χ1) is 16.3. The van der Waals surface area contributed by atoms with Gasteiger partial charge >= 0.3 is 0 Å². The molecule has 0 aromatic carbocycles. The minimum Gasteiger partial charge on any atom is -0.370 e. The van der Waals surface area contributed by atoms with Crippen molar-refractivity contribution in [3.63, 3.8) is 0 Å². The number of hydrogen-bond acceptors (Lipinski definition) is 6. The normalized spacial score (nSPS) is 23.1. The molecule has 2 saturated heterocycles. The van der Waals surface area contributed by atoms with Crippen LogP contribution in [0.2, 0.25) is 0 Å². The van der Waals surface area contributed by atoms with Crippen molar-refractivity contribution in [1.29, 1.82) is 0 Å². The molecule has 2 rings (SSSR count). The Kier molecular flexibility index (Phi) is 10.1. The number of piperazine rings is 2. The van der Waals surface area contributed by atoms with Crippen molar-refractivity contribution < 1.29 is 24.0 Å². The quantitative estimate of drug-likeness (QED) is 0.349. The van der Waals surface area contributed by atoms with Crippen LogP contribution in [0.25, 0.3) is 0 Å². The van der Waals surface area contributed by atoms with Crippen LogP contribution in [0.4, 0.5) is 0 Å². The first kappa shape index (κ1) is 28.5. The molecule has 0 bridgehead atoms. The molecule has 2 aliphatic heterocycles. The third-order valence-corrected chi connectivity index (χ3v) is 6.73. The van der Waals surface area contributed by atoms with Crippen LogP contribution in [-0.2, 0) is 24.0 Å². The van der Waals surface area contributed by atoms with Crippen LogP contribution in [0, 0.1) is 11.8 Å². The fraction of sp³-hybridized carbons (Fsp3) is 0.792. The summed E-state index contributed by atoms with van der Waals surface area (Å²) in [6.45, 7) is 11.1. The Morgan fingerprint density at radius 3 is 2.11 bits per heavy atom. The Labute approximate surface area is 207 Å². The van der Waals surface area contributed by atoms with Gasteiger partial charge in [-0.15, -0.1) is 0 Å². The van der Waals surface area contributed by atoms with Crippen molar-refractivity contribution in [3.8, 4) is 0 Å². The summed E-state index contributed by atoms with van der Waals surface area (Å²) in [5.74, 6) is -1.56.